The highest BCUT2D eigenvalue weighted by molar-refractivity contribution is 4.94. The van der Waals surface area contributed by atoms with Crippen molar-refractivity contribution in [3.63, 3.8) is 0 Å². The van der Waals surface area contributed by atoms with Gasteiger partial charge in [0.25, 0.3) is 0 Å². The number of ether oxygens (including phenoxy) is 2. The molecule has 9 nitrogen and oxygen atoms in total. The van der Waals surface area contributed by atoms with Crippen molar-refractivity contribution >= 4 is 0 Å². The van der Waals surface area contributed by atoms with E-state index in [0.29, 0.717) is 0 Å². The van der Waals surface area contributed by atoms with Gasteiger partial charge in [0.15, 0.2) is 0 Å². The molecule has 0 aromatic carbocycles. The maximum absolute atomic E-state index is 9.74. The summed E-state index contributed by atoms with van der Waals surface area (Å²) in [6, 6.07) is -1.05. The van der Waals surface area contributed by atoms with Crippen LogP contribution in [0.25, 0.3) is 20.9 Å². The van der Waals surface area contributed by atoms with E-state index in [1.165, 1.54) is 7.11 Å². The molecule has 1 aliphatic rings. The second-order valence-electron chi connectivity index (χ2n) is 3.69. The van der Waals surface area contributed by atoms with Crippen LogP contribution in [-0.4, -0.2) is 43.3 Å². The maximum atomic E-state index is 9.74. The van der Waals surface area contributed by atoms with Crippen molar-refractivity contribution in [1.29, 1.82) is 0 Å². The lowest BCUT2D eigenvalue weighted by molar-refractivity contribution is -0.106. The average Bonchev–Trinajstić information content (AvgIpc) is 2.32. The molecule has 0 bridgehead atoms. The normalized spacial score (nSPS) is 32.4. The van der Waals surface area contributed by atoms with E-state index < -0.39 is 24.3 Å². The van der Waals surface area contributed by atoms with Gasteiger partial charge in [-0.25, -0.2) is 0 Å². The van der Waals surface area contributed by atoms with Gasteiger partial charge in [-0.2, -0.15) is 0 Å². The number of rotatable bonds is 5. The van der Waals surface area contributed by atoms with E-state index in [1.54, 1.807) is 0 Å². The Morgan fingerprint density at radius 1 is 1.24 bits per heavy atom. The zero-order valence-electron chi connectivity index (χ0n) is 9.38. The Labute approximate surface area is 97.6 Å². The van der Waals surface area contributed by atoms with Crippen LogP contribution in [0.1, 0.15) is 12.8 Å². The van der Waals surface area contributed by atoms with Gasteiger partial charge in [-0.15, -0.1) is 0 Å². The molecule has 1 fully saturated rings. The van der Waals surface area contributed by atoms with Crippen molar-refractivity contribution < 1.29 is 14.6 Å². The second kappa shape index (κ2) is 6.95. The first-order valence-electron chi connectivity index (χ1n) is 5.10. The number of methoxy groups -OCH3 is 1. The highest BCUT2D eigenvalue weighted by atomic mass is 16.7. The van der Waals surface area contributed by atoms with Gasteiger partial charge in [-0.05, 0) is 17.5 Å². The van der Waals surface area contributed by atoms with Crippen LogP contribution < -0.4 is 0 Å². The minimum absolute atomic E-state index is 0.0566. The van der Waals surface area contributed by atoms with Gasteiger partial charge in [0.2, 0.25) is 0 Å². The van der Waals surface area contributed by atoms with Gasteiger partial charge in [-0.3, -0.25) is 0 Å². The molecule has 94 valence electrons. The van der Waals surface area contributed by atoms with E-state index in [2.05, 4.69) is 20.1 Å². The van der Waals surface area contributed by atoms with Crippen LogP contribution in [0.2, 0.25) is 0 Å². The molecule has 0 aliphatic heterocycles. The van der Waals surface area contributed by atoms with Gasteiger partial charge < -0.3 is 14.6 Å². The lowest BCUT2D eigenvalue weighted by Crippen LogP contribution is -2.44. The lowest BCUT2D eigenvalue weighted by Gasteiger charge is -2.34. The highest BCUT2D eigenvalue weighted by Gasteiger charge is 2.36. The van der Waals surface area contributed by atoms with Crippen LogP contribution >= 0.6 is 0 Å². The van der Waals surface area contributed by atoms with Gasteiger partial charge >= 0.3 is 0 Å². The Hall–Kier alpha value is -1.50. The van der Waals surface area contributed by atoms with E-state index in [0.717, 1.165) is 0 Å². The summed E-state index contributed by atoms with van der Waals surface area (Å²) in [5.41, 5.74) is 16.8. The standard InChI is InChI=1S/C8H14N6O3/c1-16-4-17-8-3-7(15)5(11-13-9)2-6(8)12-14-10/h5-8,15H,2-4H2,1H3. The van der Waals surface area contributed by atoms with Crippen LogP contribution in [-0.2, 0) is 9.47 Å². The Balaban J connectivity index is 2.71. The molecule has 0 saturated heterocycles. The van der Waals surface area contributed by atoms with Crippen LogP contribution in [0.5, 0.6) is 0 Å². The van der Waals surface area contributed by atoms with E-state index in [1.807, 2.05) is 0 Å². The second-order valence-corrected chi connectivity index (χ2v) is 3.69. The Morgan fingerprint density at radius 3 is 2.47 bits per heavy atom. The molecular weight excluding hydrogens is 228 g/mol. The maximum Gasteiger partial charge on any atom is 0.146 e. The third-order valence-corrected chi connectivity index (χ3v) is 2.63. The monoisotopic (exact) mass is 242 g/mol. The van der Waals surface area contributed by atoms with E-state index in [9.17, 15) is 5.11 Å². The summed E-state index contributed by atoms with van der Waals surface area (Å²) < 4.78 is 10.1. The fourth-order valence-corrected chi connectivity index (χ4v) is 1.82. The number of aliphatic hydroxyl groups excluding tert-OH is 1. The molecule has 0 amide bonds. The smallest absolute Gasteiger partial charge is 0.146 e. The zero-order chi connectivity index (χ0) is 12.7. The molecular formula is C8H14N6O3. The Bertz CT molecular complexity index is 338. The van der Waals surface area contributed by atoms with Gasteiger partial charge in [0, 0.05) is 23.4 Å². The SMILES string of the molecule is COCOC1CC(O)C(N=[N+]=[N-])CC1N=[N+]=[N-]. The van der Waals surface area contributed by atoms with Gasteiger partial charge in [-0.1, -0.05) is 10.2 Å². The number of aliphatic hydroxyl groups is 1. The third-order valence-electron chi connectivity index (χ3n) is 2.63. The van der Waals surface area contributed by atoms with Crippen LogP contribution in [0.3, 0.4) is 0 Å². The molecule has 0 aromatic heterocycles. The average molecular weight is 242 g/mol. The molecule has 1 aliphatic carbocycles. The van der Waals surface area contributed by atoms with E-state index >= 15 is 0 Å². The minimum atomic E-state index is -0.794. The highest BCUT2D eigenvalue weighted by Crippen LogP contribution is 2.27. The molecule has 1 saturated carbocycles. The van der Waals surface area contributed by atoms with Crippen molar-refractivity contribution in [3.8, 4) is 0 Å². The molecule has 0 radical (unpaired) electrons. The summed E-state index contributed by atoms with van der Waals surface area (Å²) in [4.78, 5) is 5.38. The predicted octanol–water partition coefficient (Wildman–Crippen LogP) is 1.49. The number of azide groups is 2. The quantitative estimate of drug-likeness (QED) is 0.338. The summed E-state index contributed by atoms with van der Waals surface area (Å²) in [5, 5.41) is 16.8. The number of nitrogens with zero attached hydrogens (tertiary/aromatic N) is 6. The lowest BCUT2D eigenvalue weighted by atomic mass is 9.87. The first kappa shape index (κ1) is 13.6. The summed E-state index contributed by atoms with van der Waals surface area (Å²) in [7, 11) is 1.48. The van der Waals surface area contributed by atoms with Crippen molar-refractivity contribution in [3.05, 3.63) is 20.9 Å². The summed E-state index contributed by atoms with van der Waals surface area (Å²) >= 11 is 0. The molecule has 0 heterocycles. The zero-order valence-corrected chi connectivity index (χ0v) is 9.38. The summed E-state index contributed by atoms with van der Waals surface area (Å²) in [6.45, 7) is 0.0566. The first-order chi connectivity index (χ1) is 8.22. The number of hydrogen-bond acceptors (Lipinski definition) is 5. The molecule has 4 unspecified atom stereocenters. The fraction of sp³-hybridized carbons (Fsp3) is 1.00. The Morgan fingerprint density at radius 2 is 1.88 bits per heavy atom. The molecule has 0 spiro atoms. The summed E-state index contributed by atoms with van der Waals surface area (Å²) in [5.74, 6) is 0. The van der Waals surface area contributed by atoms with E-state index in [4.69, 9.17) is 20.5 Å². The molecule has 1 rings (SSSR count). The van der Waals surface area contributed by atoms with Crippen molar-refractivity contribution in [1.82, 2.24) is 0 Å². The van der Waals surface area contributed by atoms with E-state index in [-0.39, 0.29) is 19.6 Å². The molecule has 9 heteroatoms. The number of hydrogen-bond donors (Lipinski definition) is 1. The topological polar surface area (TPSA) is 136 Å². The summed E-state index contributed by atoms with van der Waals surface area (Å²) in [6.07, 6.45) is -0.704. The largest absolute Gasteiger partial charge is 0.393 e. The molecule has 0 aromatic rings. The van der Waals surface area contributed by atoms with Crippen LogP contribution in [0.15, 0.2) is 10.2 Å². The van der Waals surface area contributed by atoms with Crippen molar-refractivity contribution in [2.24, 2.45) is 10.2 Å². The molecule has 1 N–H and O–H groups in total. The molecule has 4 atom stereocenters. The van der Waals surface area contributed by atoms with Crippen LogP contribution in [0, 0.1) is 0 Å². The van der Waals surface area contributed by atoms with Gasteiger partial charge in [0.05, 0.1) is 24.3 Å². The van der Waals surface area contributed by atoms with Gasteiger partial charge in [0.1, 0.15) is 6.79 Å². The van der Waals surface area contributed by atoms with Crippen molar-refractivity contribution in [2.75, 3.05) is 13.9 Å². The predicted molar refractivity (Wildman–Crippen MR) is 57.9 cm³/mol. The minimum Gasteiger partial charge on any atom is -0.393 e. The molecule has 17 heavy (non-hydrogen) atoms. The van der Waals surface area contributed by atoms with Crippen molar-refractivity contribution in [2.45, 2.75) is 37.1 Å². The fourth-order valence-electron chi connectivity index (χ4n) is 1.82. The first-order valence-corrected chi connectivity index (χ1v) is 5.10. The Kier molecular flexibility index (Phi) is 5.55. The van der Waals surface area contributed by atoms with Crippen LogP contribution in [0.4, 0.5) is 0 Å². The third kappa shape index (κ3) is 3.77.